The molecule has 1 rings (SSSR count). The summed E-state index contributed by atoms with van der Waals surface area (Å²) in [6.45, 7) is 13.8. The molecule has 0 radical (unpaired) electrons. The van der Waals surface area contributed by atoms with E-state index in [1.54, 1.807) is 18.2 Å². The Hall–Kier alpha value is -2.94. The van der Waals surface area contributed by atoms with Crippen LogP contribution in [0.3, 0.4) is 0 Å². The normalized spacial score (nSPS) is 12.4. The summed E-state index contributed by atoms with van der Waals surface area (Å²) < 4.78 is 21.2. The fourth-order valence-corrected chi connectivity index (χ4v) is 3.32. The second-order valence-electron chi connectivity index (χ2n) is 11.4. The van der Waals surface area contributed by atoms with Crippen LogP contribution < -0.4 is 14.8 Å². The first-order valence-corrected chi connectivity index (χ1v) is 12.6. The van der Waals surface area contributed by atoms with Gasteiger partial charge in [0.15, 0.2) is 11.5 Å². The van der Waals surface area contributed by atoms with Crippen molar-refractivity contribution in [3.05, 3.63) is 23.8 Å². The summed E-state index contributed by atoms with van der Waals surface area (Å²) in [4.78, 5) is 48.9. The minimum atomic E-state index is -0.734. The second-order valence-corrected chi connectivity index (χ2v) is 11.4. The number of carbonyl (C=O) groups is 4. The molecule has 1 aromatic carbocycles. The van der Waals surface area contributed by atoms with E-state index >= 15 is 0 Å². The van der Waals surface area contributed by atoms with Crippen LogP contribution >= 0.6 is 0 Å². The molecule has 0 unspecified atom stereocenters. The fraction of sp³-hybridized carbons (Fsp3) is 0.643. The quantitative estimate of drug-likeness (QED) is 0.229. The average molecular weight is 522 g/mol. The number of carbonyl (C=O) groups excluding carboxylic acids is 4. The van der Waals surface area contributed by atoms with E-state index in [4.69, 9.17) is 18.9 Å². The van der Waals surface area contributed by atoms with Crippen LogP contribution in [0.15, 0.2) is 18.2 Å². The van der Waals surface area contributed by atoms with Crippen molar-refractivity contribution in [2.45, 2.75) is 86.6 Å². The Morgan fingerprint density at radius 2 is 1.43 bits per heavy atom. The maximum Gasteiger partial charge on any atom is 0.323 e. The maximum atomic E-state index is 12.6. The van der Waals surface area contributed by atoms with E-state index < -0.39 is 23.9 Å². The molecular weight excluding hydrogens is 478 g/mol. The van der Waals surface area contributed by atoms with Gasteiger partial charge in [0.25, 0.3) is 0 Å². The maximum absolute atomic E-state index is 12.6. The first-order valence-electron chi connectivity index (χ1n) is 12.6. The molecule has 0 aliphatic heterocycles. The molecule has 0 amide bonds. The van der Waals surface area contributed by atoms with E-state index in [1.165, 1.54) is 7.11 Å². The molecule has 0 aromatic heterocycles. The summed E-state index contributed by atoms with van der Waals surface area (Å²) in [6.07, 6.45) is 1.58. The van der Waals surface area contributed by atoms with E-state index in [0.717, 1.165) is 0 Å². The first kappa shape index (κ1) is 32.1. The summed E-state index contributed by atoms with van der Waals surface area (Å²) in [5.41, 5.74) is 0.0860. The van der Waals surface area contributed by atoms with Crippen molar-refractivity contribution in [3.8, 4) is 11.5 Å². The molecule has 0 aliphatic rings. The Morgan fingerprint density at radius 1 is 0.865 bits per heavy atom. The van der Waals surface area contributed by atoms with Crippen molar-refractivity contribution in [2.75, 3.05) is 20.3 Å². The van der Waals surface area contributed by atoms with Gasteiger partial charge in [-0.1, -0.05) is 54.5 Å². The zero-order valence-corrected chi connectivity index (χ0v) is 23.5. The molecule has 0 saturated carbocycles. The van der Waals surface area contributed by atoms with Gasteiger partial charge in [-0.25, -0.2) is 0 Å². The van der Waals surface area contributed by atoms with Gasteiger partial charge in [0.2, 0.25) is 0 Å². The third-order valence-corrected chi connectivity index (χ3v) is 4.94. The van der Waals surface area contributed by atoms with Crippen LogP contribution in [-0.2, 0) is 35.1 Å². The number of hydrogen-bond donors (Lipinski definition) is 1. The van der Waals surface area contributed by atoms with Crippen molar-refractivity contribution in [1.29, 1.82) is 0 Å². The van der Waals surface area contributed by atoms with Crippen LogP contribution in [0, 0.1) is 10.8 Å². The van der Waals surface area contributed by atoms with Crippen molar-refractivity contribution >= 4 is 23.9 Å². The summed E-state index contributed by atoms with van der Waals surface area (Å²) in [5.74, 6) is -1.46. The molecule has 37 heavy (non-hydrogen) atoms. The average Bonchev–Trinajstić information content (AvgIpc) is 2.74. The van der Waals surface area contributed by atoms with Gasteiger partial charge in [-0.2, -0.15) is 0 Å². The van der Waals surface area contributed by atoms with Gasteiger partial charge in [-0.05, 0) is 41.4 Å². The second kappa shape index (κ2) is 14.7. The van der Waals surface area contributed by atoms with Gasteiger partial charge >= 0.3 is 23.9 Å². The summed E-state index contributed by atoms with van der Waals surface area (Å²) in [5, 5.41) is 3.04. The van der Waals surface area contributed by atoms with Crippen LogP contribution in [0.1, 0.15) is 79.7 Å². The van der Waals surface area contributed by atoms with E-state index in [2.05, 4.69) is 5.32 Å². The van der Waals surface area contributed by atoms with E-state index in [1.807, 2.05) is 48.5 Å². The van der Waals surface area contributed by atoms with Crippen molar-refractivity contribution < 1.29 is 38.1 Å². The lowest BCUT2D eigenvalue weighted by atomic mass is 9.92. The molecule has 0 spiro atoms. The van der Waals surface area contributed by atoms with E-state index in [9.17, 15) is 19.2 Å². The van der Waals surface area contributed by atoms with Crippen LogP contribution in [0.2, 0.25) is 0 Å². The van der Waals surface area contributed by atoms with Crippen LogP contribution in [0.5, 0.6) is 11.5 Å². The lowest BCUT2D eigenvalue weighted by Crippen LogP contribution is -2.41. The van der Waals surface area contributed by atoms with Gasteiger partial charge in [0, 0.05) is 13.0 Å². The van der Waals surface area contributed by atoms with Gasteiger partial charge in [0.05, 0.1) is 20.0 Å². The Bertz CT molecular complexity index is 927. The Kier molecular flexibility index (Phi) is 12.8. The molecule has 9 nitrogen and oxygen atoms in total. The fourth-order valence-electron chi connectivity index (χ4n) is 3.32. The standard InChI is InChI=1S/C28H43NO8/c1-9-10-23(30)35-14-13-29-20(26(33)34-8)15-19-11-12-21(36-24(31)17-27(2,3)4)22(16-19)37-25(32)18-28(5,6)7/h11-12,16,20,29H,9-10,13-15,17-18H2,1-8H3/t20-/m0/s1. The summed E-state index contributed by atoms with van der Waals surface area (Å²) in [6, 6.07) is 4.09. The SMILES string of the molecule is CCCC(=O)OCCN[C@@H](Cc1ccc(OC(=O)CC(C)(C)C)c(OC(=O)CC(C)(C)C)c1)C(=O)OC. The highest BCUT2D eigenvalue weighted by Crippen LogP contribution is 2.32. The zero-order chi connectivity index (χ0) is 28.2. The molecule has 0 bridgehead atoms. The van der Waals surface area contributed by atoms with Gasteiger partial charge < -0.3 is 24.3 Å². The Balaban J connectivity index is 3.08. The summed E-state index contributed by atoms with van der Waals surface area (Å²) in [7, 11) is 1.29. The highest BCUT2D eigenvalue weighted by Gasteiger charge is 2.24. The topological polar surface area (TPSA) is 117 Å². The molecule has 0 aliphatic carbocycles. The number of esters is 4. The number of hydrogen-bond acceptors (Lipinski definition) is 9. The molecule has 0 heterocycles. The van der Waals surface area contributed by atoms with Crippen molar-refractivity contribution in [3.63, 3.8) is 0 Å². The van der Waals surface area contributed by atoms with Crippen molar-refractivity contribution in [2.24, 2.45) is 10.8 Å². The van der Waals surface area contributed by atoms with E-state index in [0.29, 0.717) is 18.4 Å². The predicted octanol–water partition coefficient (Wildman–Crippen LogP) is 4.39. The number of rotatable bonds is 13. The van der Waals surface area contributed by atoms with Gasteiger partial charge in [-0.15, -0.1) is 0 Å². The van der Waals surface area contributed by atoms with Gasteiger partial charge in [-0.3, -0.25) is 19.2 Å². The first-order chi connectivity index (χ1) is 17.1. The summed E-state index contributed by atoms with van der Waals surface area (Å²) >= 11 is 0. The van der Waals surface area contributed by atoms with Crippen LogP contribution in [-0.4, -0.2) is 50.2 Å². The molecule has 9 heteroatoms. The number of nitrogens with one attached hydrogen (secondary N) is 1. The monoisotopic (exact) mass is 521 g/mol. The Labute approximate surface area is 220 Å². The largest absolute Gasteiger partial charge is 0.468 e. The van der Waals surface area contributed by atoms with Gasteiger partial charge in [0.1, 0.15) is 12.6 Å². The minimum Gasteiger partial charge on any atom is -0.468 e. The molecular formula is C28H43NO8. The van der Waals surface area contributed by atoms with Crippen molar-refractivity contribution in [1.82, 2.24) is 5.32 Å². The Morgan fingerprint density at radius 3 is 1.95 bits per heavy atom. The smallest absolute Gasteiger partial charge is 0.323 e. The number of benzene rings is 1. The minimum absolute atomic E-state index is 0.103. The highest BCUT2D eigenvalue weighted by molar-refractivity contribution is 5.78. The third-order valence-electron chi connectivity index (χ3n) is 4.94. The molecule has 0 fully saturated rings. The number of ether oxygens (including phenoxy) is 4. The third kappa shape index (κ3) is 13.8. The van der Waals surface area contributed by atoms with Crippen LogP contribution in [0.25, 0.3) is 0 Å². The molecule has 1 N–H and O–H groups in total. The number of methoxy groups -OCH3 is 1. The van der Waals surface area contributed by atoms with E-state index in [-0.39, 0.29) is 60.7 Å². The predicted molar refractivity (Wildman–Crippen MR) is 139 cm³/mol. The molecule has 0 saturated heterocycles. The molecule has 1 aromatic rings. The molecule has 208 valence electrons. The lowest BCUT2D eigenvalue weighted by molar-refractivity contribution is -0.144. The van der Waals surface area contributed by atoms with Crippen LogP contribution in [0.4, 0.5) is 0 Å². The highest BCUT2D eigenvalue weighted by atomic mass is 16.6. The zero-order valence-electron chi connectivity index (χ0n) is 23.5. The lowest BCUT2D eigenvalue weighted by Gasteiger charge is -2.20. The molecule has 1 atom stereocenters.